The highest BCUT2D eigenvalue weighted by molar-refractivity contribution is 6.69. The molecule has 0 aliphatic heterocycles. The molecule has 0 aliphatic rings. The summed E-state index contributed by atoms with van der Waals surface area (Å²) in [7, 11) is -1.68. The van der Waals surface area contributed by atoms with E-state index >= 15 is 0 Å². The van der Waals surface area contributed by atoms with Crippen molar-refractivity contribution in [3.8, 4) is 0 Å². The number of carbonyl (C=O) groups excluding carboxylic acids is 1. The summed E-state index contributed by atoms with van der Waals surface area (Å²) in [6.45, 7) is 15.5. The van der Waals surface area contributed by atoms with E-state index < -0.39 is 26.9 Å². The zero-order chi connectivity index (χ0) is 16.5. The highest BCUT2D eigenvalue weighted by Gasteiger charge is 2.25. The van der Waals surface area contributed by atoms with E-state index in [2.05, 4.69) is 26.2 Å². The van der Waals surface area contributed by atoms with Crippen LogP contribution in [0.15, 0.2) is 12.7 Å². The lowest BCUT2D eigenvalue weighted by atomic mass is 10.4. The van der Waals surface area contributed by atoms with Crippen molar-refractivity contribution in [2.24, 2.45) is 0 Å². The van der Waals surface area contributed by atoms with Gasteiger partial charge in [0.1, 0.15) is 0 Å². The molecule has 0 spiro atoms. The average molecular weight is 318 g/mol. The van der Waals surface area contributed by atoms with Crippen molar-refractivity contribution >= 4 is 14.3 Å². The molecule has 0 aromatic carbocycles. The quantitative estimate of drug-likeness (QED) is 0.251. The third-order valence-electron chi connectivity index (χ3n) is 2.51. The molecule has 0 fully saturated rings. The second-order valence-corrected chi connectivity index (χ2v) is 10.1. The summed E-state index contributed by atoms with van der Waals surface area (Å²) in [5.41, 5.74) is 0. The number of rotatable bonds is 11. The molecule has 124 valence electrons. The van der Waals surface area contributed by atoms with Crippen molar-refractivity contribution in [3.05, 3.63) is 12.7 Å². The third kappa shape index (κ3) is 9.79. The molecule has 5 nitrogen and oxygen atoms in total. The maximum atomic E-state index is 11.2. The molecule has 0 aliphatic carbocycles. The van der Waals surface area contributed by atoms with Gasteiger partial charge in [-0.15, -0.1) is 0 Å². The summed E-state index contributed by atoms with van der Waals surface area (Å²) in [4.78, 5) is 11.2. The van der Waals surface area contributed by atoms with E-state index in [-0.39, 0.29) is 6.29 Å². The lowest BCUT2D eigenvalue weighted by molar-refractivity contribution is -0.276. The monoisotopic (exact) mass is 318 g/mol. The Bertz CT molecular complexity index is 314. The van der Waals surface area contributed by atoms with Gasteiger partial charge in [-0.25, -0.2) is 4.79 Å². The van der Waals surface area contributed by atoms with E-state index in [1.165, 1.54) is 0 Å². The van der Waals surface area contributed by atoms with Crippen molar-refractivity contribution in [2.75, 3.05) is 0 Å². The molecule has 0 bridgehead atoms. The molecule has 0 saturated heterocycles. The van der Waals surface area contributed by atoms with E-state index in [1.807, 2.05) is 20.8 Å². The van der Waals surface area contributed by atoms with E-state index in [0.29, 0.717) is 12.8 Å². The maximum Gasteiger partial charge on any atom is 0.332 e. The van der Waals surface area contributed by atoms with Crippen molar-refractivity contribution in [3.63, 3.8) is 0 Å². The highest BCUT2D eigenvalue weighted by atomic mass is 28.4. The highest BCUT2D eigenvalue weighted by Crippen LogP contribution is 2.17. The first kappa shape index (κ1) is 20.3. The van der Waals surface area contributed by atoms with E-state index in [1.54, 1.807) is 0 Å². The van der Waals surface area contributed by atoms with E-state index in [0.717, 1.165) is 12.5 Å². The van der Waals surface area contributed by atoms with Gasteiger partial charge in [0, 0.05) is 12.5 Å². The van der Waals surface area contributed by atoms with Crippen molar-refractivity contribution < 1.29 is 23.4 Å². The predicted molar refractivity (Wildman–Crippen MR) is 85.1 cm³/mol. The maximum absolute atomic E-state index is 11.2. The Morgan fingerprint density at radius 3 is 1.86 bits per heavy atom. The summed E-state index contributed by atoms with van der Waals surface area (Å²) in [6.07, 6.45) is 1.66. The molecule has 0 rings (SSSR count). The van der Waals surface area contributed by atoms with Gasteiger partial charge in [0.15, 0.2) is 20.9 Å². The van der Waals surface area contributed by atoms with Gasteiger partial charge in [-0.2, -0.15) is 0 Å². The van der Waals surface area contributed by atoms with Gasteiger partial charge >= 0.3 is 5.97 Å². The number of carbonyl (C=O) groups is 1. The SMILES string of the molecule is C=CC(=O)OC(CC)OC(CC)OC(CC)O[Si](C)(C)C. The summed E-state index contributed by atoms with van der Waals surface area (Å²) in [6, 6.07) is 0. The average Bonchev–Trinajstić information content (AvgIpc) is 2.42. The largest absolute Gasteiger partial charge is 0.433 e. The van der Waals surface area contributed by atoms with Crippen LogP contribution in [0, 0.1) is 0 Å². The smallest absolute Gasteiger partial charge is 0.332 e. The molecule has 3 atom stereocenters. The molecule has 3 unspecified atom stereocenters. The summed E-state index contributed by atoms with van der Waals surface area (Å²) in [5, 5.41) is 0. The Morgan fingerprint density at radius 1 is 1.00 bits per heavy atom. The summed E-state index contributed by atoms with van der Waals surface area (Å²) < 4.78 is 22.6. The van der Waals surface area contributed by atoms with Crippen LogP contribution in [0.5, 0.6) is 0 Å². The van der Waals surface area contributed by atoms with Crippen LogP contribution in [0.4, 0.5) is 0 Å². The van der Waals surface area contributed by atoms with Gasteiger partial charge in [-0.3, -0.25) is 0 Å². The molecule has 21 heavy (non-hydrogen) atoms. The van der Waals surface area contributed by atoms with Crippen LogP contribution in [-0.4, -0.2) is 33.2 Å². The van der Waals surface area contributed by atoms with Gasteiger partial charge in [0.05, 0.1) is 0 Å². The van der Waals surface area contributed by atoms with Gasteiger partial charge in [0.25, 0.3) is 0 Å². The fourth-order valence-electron chi connectivity index (χ4n) is 1.55. The number of hydrogen-bond acceptors (Lipinski definition) is 5. The second kappa shape index (κ2) is 10.1. The van der Waals surface area contributed by atoms with Crippen molar-refractivity contribution in [1.29, 1.82) is 0 Å². The minimum absolute atomic E-state index is 0.297. The first-order valence-electron chi connectivity index (χ1n) is 7.57. The van der Waals surface area contributed by atoms with Crippen LogP contribution in [-0.2, 0) is 23.4 Å². The van der Waals surface area contributed by atoms with Gasteiger partial charge in [0.2, 0.25) is 6.29 Å². The van der Waals surface area contributed by atoms with Gasteiger partial charge in [-0.1, -0.05) is 27.4 Å². The fourth-order valence-corrected chi connectivity index (χ4v) is 2.56. The predicted octanol–water partition coefficient (Wildman–Crippen LogP) is 3.81. The van der Waals surface area contributed by atoms with Crippen LogP contribution >= 0.6 is 0 Å². The standard InChI is InChI=1S/C15H30O5Si/c1-8-12(16)17-13(9-2)18-14(10-3)19-15(11-4)20-21(5,6)7/h8,13-15H,1,9-11H2,2-7H3. The Kier molecular flexibility index (Phi) is 9.77. The Labute approximate surface area is 129 Å². The normalized spacial score (nSPS) is 16.1. The molecular weight excluding hydrogens is 288 g/mol. The zero-order valence-corrected chi connectivity index (χ0v) is 15.2. The Morgan fingerprint density at radius 2 is 1.48 bits per heavy atom. The molecular formula is C15H30O5Si. The molecule has 0 aromatic heterocycles. The first-order chi connectivity index (χ1) is 9.75. The van der Waals surface area contributed by atoms with Crippen LogP contribution in [0.1, 0.15) is 40.0 Å². The minimum atomic E-state index is -1.68. The van der Waals surface area contributed by atoms with Crippen LogP contribution < -0.4 is 0 Å². The topological polar surface area (TPSA) is 54.0 Å². The van der Waals surface area contributed by atoms with E-state index in [4.69, 9.17) is 18.6 Å². The fraction of sp³-hybridized carbons (Fsp3) is 0.800. The lowest BCUT2D eigenvalue weighted by Crippen LogP contribution is -2.37. The second-order valence-electron chi connectivity index (χ2n) is 5.66. The Balaban J connectivity index is 4.53. The Hall–Kier alpha value is -0.693. The lowest BCUT2D eigenvalue weighted by Gasteiger charge is -2.30. The van der Waals surface area contributed by atoms with Crippen LogP contribution in [0.25, 0.3) is 0 Å². The summed E-state index contributed by atoms with van der Waals surface area (Å²) in [5.74, 6) is -0.498. The summed E-state index contributed by atoms with van der Waals surface area (Å²) >= 11 is 0. The molecule has 0 aromatic rings. The van der Waals surface area contributed by atoms with Crippen LogP contribution in [0.2, 0.25) is 19.6 Å². The zero-order valence-electron chi connectivity index (χ0n) is 14.2. The van der Waals surface area contributed by atoms with Crippen molar-refractivity contribution in [1.82, 2.24) is 0 Å². The molecule has 0 radical (unpaired) electrons. The number of hydrogen-bond donors (Lipinski definition) is 0. The van der Waals surface area contributed by atoms with E-state index in [9.17, 15) is 4.79 Å². The van der Waals surface area contributed by atoms with Gasteiger partial charge < -0.3 is 18.6 Å². The van der Waals surface area contributed by atoms with Crippen LogP contribution in [0.3, 0.4) is 0 Å². The number of esters is 1. The molecule has 0 amide bonds. The number of ether oxygens (including phenoxy) is 3. The third-order valence-corrected chi connectivity index (χ3v) is 3.48. The first-order valence-corrected chi connectivity index (χ1v) is 11.0. The van der Waals surface area contributed by atoms with Gasteiger partial charge in [-0.05, 0) is 32.5 Å². The molecule has 0 heterocycles. The van der Waals surface area contributed by atoms with Crippen molar-refractivity contribution in [2.45, 2.75) is 78.5 Å². The molecule has 0 saturated carbocycles. The molecule has 6 heteroatoms. The minimum Gasteiger partial charge on any atom is -0.433 e. The molecule has 0 N–H and O–H groups in total.